The third-order valence-electron chi connectivity index (χ3n) is 2.93. The third-order valence-corrected chi connectivity index (χ3v) is 2.93. The van der Waals surface area contributed by atoms with Crippen LogP contribution in [0.1, 0.15) is 53.9 Å². The normalized spacial score (nSPS) is 12.7. The summed E-state index contributed by atoms with van der Waals surface area (Å²) >= 11 is 0. The Morgan fingerprint density at radius 2 is 1.63 bits per heavy atom. The molecule has 0 rings (SSSR count). The lowest BCUT2D eigenvalue weighted by Gasteiger charge is -2.31. The van der Waals surface area contributed by atoms with Crippen LogP contribution in [-0.2, 0) is 19.0 Å². The number of ether oxygens (including phenoxy) is 3. The molecule has 0 fully saturated rings. The van der Waals surface area contributed by atoms with Crippen molar-refractivity contribution in [3.05, 3.63) is 0 Å². The minimum absolute atomic E-state index is 0.249. The molecule has 0 aromatic heterocycles. The average molecular weight is 274 g/mol. The molecule has 0 heterocycles. The van der Waals surface area contributed by atoms with E-state index in [2.05, 4.69) is 0 Å². The van der Waals surface area contributed by atoms with E-state index in [0.29, 0.717) is 13.0 Å². The highest BCUT2D eigenvalue weighted by Crippen LogP contribution is 2.29. The minimum Gasteiger partial charge on any atom is -0.465 e. The maximum absolute atomic E-state index is 12.0. The van der Waals surface area contributed by atoms with E-state index >= 15 is 0 Å². The van der Waals surface area contributed by atoms with Crippen molar-refractivity contribution in [2.24, 2.45) is 5.41 Å². The van der Waals surface area contributed by atoms with E-state index in [-0.39, 0.29) is 12.6 Å². The second-order valence-corrected chi connectivity index (χ2v) is 4.87. The summed E-state index contributed by atoms with van der Waals surface area (Å²) in [7, 11) is 0. The summed E-state index contributed by atoms with van der Waals surface area (Å²) in [6.45, 7) is 9.51. The molecule has 0 aliphatic carbocycles. The van der Waals surface area contributed by atoms with Gasteiger partial charge in [-0.05, 0) is 34.1 Å². The monoisotopic (exact) mass is 274 g/mol. The van der Waals surface area contributed by atoms with Crippen LogP contribution >= 0.6 is 0 Å². The van der Waals surface area contributed by atoms with Gasteiger partial charge in [0.25, 0.3) is 0 Å². The molecule has 0 bridgehead atoms. The summed E-state index contributed by atoms with van der Waals surface area (Å²) in [6, 6.07) is 0. The average Bonchev–Trinajstić information content (AvgIpc) is 2.34. The molecule has 112 valence electrons. The first kappa shape index (κ1) is 17.7. The van der Waals surface area contributed by atoms with Crippen molar-refractivity contribution in [1.82, 2.24) is 0 Å². The Kier molecular flexibility index (Phi) is 8.19. The molecule has 0 amide bonds. The van der Waals surface area contributed by atoms with Gasteiger partial charge in [-0.1, -0.05) is 19.8 Å². The molecule has 1 atom stereocenters. The molecule has 0 aromatic carbocycles. The first-order valence-electron chi connectivity index (χ1n) is 6.90. The fraction of sp³-hybridized carbons (Fsp3) is 0.857. The zero-order valence-electron chi connectivity index (χ0n) is 12.7. The summed E-state index contributed by atoms with van der Waals surface area (Å²) in [5, 5.41) is 0. The number of rotatable bonds is 8. The summed E-state index contributed by atoms with van der Waals surface area (Å²) in [6.07, 6.45) is 1.17. The highest BCUT2D eigenvalue weighted by molar-refractivity contribution is 5.77. The predicted molar refractivity (Wildman–Crippen MR) is 71.8 cm³/mol. The Bertz CT molecular complexity index is 286. The van der Waals surface area contributed by atoms with Gasteiger partial charge in [-0.2, -0.15) is 0 Å². The van der Waals surface area contributed by atoms with Crippen LogP contribution in [0.4, 0.5) is 4.79 Å². The number of carbonyl (C=O) groups excluding carboxylic acids is 2. The Balaban J connectivity index is 4.79. The topological polar surface area (TPSA) is 61.8 Å². The largest absolute Gasteiger partial charge is 0.508 e. The van der Waals surface area contributed by atoms with Crippen molar-refractivity contribution in [3.8, 4) is 0 Å². The van der Waals surface area contributed by atoms with Crippen molar-refractivity contribution < 1.29 is 23.8 Å². The lowest BCUT2D eigenvalue weighted by molar-refractivity contribution is -0.161. The maximum atomic E-state index is 12.0. The molecular formula is C14H26O5. The molecule has 0 spiro atoms. The number of esters is 1. The van der Waals surface area contributed by atoms with E-state index < -0.39 is 17.7 Å². The van der Waals surface area contributed by atoms with E-state index in [1.807, 2.05) is 6.92 Å². The number of carbonyl (C=O) groups is 2. The fourth-order valence-corrected chi connectivity index (χ4v) is 1.67. The van der Waals surface area contributed by atoms with Crippen LogP contribution in [0.2, 0.25) is 0 Å². The zero-order valence-corrected chi connectivity index (χ0v) is 12.7. The quantitative estimate of drug-likeness (QED) is 0.635. The molecule has 5 heteroatoms. The van der Waals surface area contributed by atoms with Gasteiger partial charge in [-0.3, -0.25) is 4.79 Å². The van der Waals surface area contributed by atoms with Crippen LogP contribution in [0.25, 0.3) is 0 Å². The lowest BCUT2D eigenvalue weighted by Crippen LogP contribution is -2.41. The van der Waals surface area contributed by atoms with Crippen LogP contribution in [0.3, 0.4) is 0 Å². The summed E-state index contributed by atoms with van der Waals surface area (Å²) < 4.78 is 15.1. The standard InChI is InChI=1S/C14H26O5/c1-6-9-10-11(19-13(16)18-8-3)14(4,5)12(15)17-7-2/h11H,6-10H2,1-5H3. The highest BCUT2D eigenvalue weighted by Gasteiger charge is 2.40. The van der Waals surface area contributed by atoms with Gasteiger partial charge >= 0.3 is 12.1 Å². The molecule has 5 nitrogen and oxygen atoms in total. The van der Waals surface area contributed by atoms with Gasteiger partial charge < -0.3 is 14.2 Å². The Morgan fingerprint density at radius 1 is 1.05 bits per heavy atom. The fourth-order valence-electron chi connectivity index (χ4n) is 1.67. The van der Waals surface area contributed by atoms with Crippen LogP contribution in [-0.4, -0.2) is 31.4 Å². The SMILES string of the molecule is CCCCC(OC(=O)OCC)C(C)(C)C(=O)OCC. The zero-order chi connectivity index (χ0) is 14.9. The molecular weight excluding hydrogens is 248 g/mol. The van der Waals surface area contributed by atoms with E-state index in [1.54, 1.807) is 27.7 Å². The van der Waals surface area contributed by atoms with Crippen LogP contribution in [0.15, 0.2) is 0 Å². The molecule has 0 saturated heterocycles. The van der Waals surface area contributed by atoms with Gasteiger partial charge in [0.1, 0.15) is 6.10 Å². The van der Waals surface area contributed by atoms with E-state index in [0.717, 1.165) is 12.8 Å². The van der Waals surface area contributed by atoms with Crippen molar-refractivity contribution in [1.29, 1.82) is 0 Å². The molecule has 0 N–H and O–H groups in total. The first-order chi connectivity index (χ1) is 8.89. The summed E-state index contributed by atoms with van der Waals surface area (Å²) in [5.41, 5.74) is -0.877. The van der Waals surface area contributed by atoms with E-state index in [1.165, 1.54) is 0 Å². The number of hydrogen-bond donors (Lipinski definition) is 0. The van der Waals surface area contributed by atoms with E-state index in [9.17, 15) is 9.59 Å². The Hall–Kier alpha value is -1.26. The lowest BCUT2D eigenvalue weighted by atomic mass is 9.83. The van der Waals surface area contributed by atoms with Gasteiger partial charge in [0, 0.05) is 0 Å². The Labute approximate surface area is 115 Å². The number of unbranched alkanes of at least 4 members (excludes halogenated alkanes) is 1. The highest BCUT2D eigenvalue weighted by atomic mass is 16.7. The molecule has 0 aliphatic rings. The second-order valence-electron chi connectivity index (χ2n) is 4.87. The minimum atomic E-state index is -0.877. The molecule has 0 saturated carbocycles. The molecule has 0 aliphatic heterocycles. The van der Waals surface area contributed by atoms with Gasteiger partial charge in [0.2, 0.25) is 0 Å². The van der Waals surface area contributed by atoms with E-state index in [4.69, 9.17) is 14.2 Å². The molecule has 0 radical (unpaired) electrons. The van der Waals surface area contributed by atoms with Crippen LogP contribution < -0.4 is 0 Å². The summed E-state index contributed by atoms with van der Waals surface area (Å²) in [5.74, 6) is -0.361. The second kappa shape index (κ2) is 8.77. The summed E-state index contributed by atoms with van der Waals surface area (Å²) in [4.78, 5) is 23.4. The van der Waals surface area contributed by atoms with Gasteiger partial charge in [0.15, 0.2) is 0 Å². The predicted octanol–water partition coefficient (Wildman–Crippen LogP) is 3.31. The third kappa shape index (κ3) is 5.94. The molecule has 19 heavy (non-hydrogen) atoms. The van der Waals surface area contributed by atoms with Crippen molar-refractivity contribution in [2.45, 2.75) is 60.0 Å². The maximum Gasteiger partial charge on any atom is 0.508 e. The van der Waals surface area contributed by atoms with Crippen LogP contribution in [0.5, 0.6) is 0 Å². The van der Waals surface area contributed by atoms with Gasteiger partial charge in [-0.25, -0.2) is 4.79 Å². The molecule has 1 unspecified atom stereocenters. The number of hydrogen-bond acceptors (Lipinski definition) is 5. The first-order valence-corrected chi connectivity index (χ1v) is 6.90. The van der Waals surface area contributed by atoms with Gasteiger partial charge in [-0.15, -0.1) is 0 Å². The van der Waals surface area contributed by atoms with Crippen molar-refractivity contribution in [2.75, 3.05) is 13.2 Å². The van der Waals surface area contributed by atoms with Gasteiger partial charge in [0.05, 0.1) is 18.6 Å². The smallest absolute Gasteiger partial charge is 0.465 e. The Morgan fingerprint density at radius 3 is 2.11 bits per heavy atom. The van der Waals surface area contributed by atoms with Crippen LogP contribution in [0, 0.1) is 5.41 Å². The van der Waals surface area contributed by atoms with Crippen molar-refractivity contribution in [3.63, 3.8) is 0 Å². The molecule has 0 aromatic rings. The van der Waals surface area contributed by atoms with Crippen molar-refractivity contribution >= 4 is 12.1 Å².